The summed E-state index contributed by atoms with van der Waals surface area (Å²) in [5, 5.41) is 0. The van der Waals surface area contributed by atoms with Crippen LogP contribution in [0.5, 0.6) is 0 Å². The fourth-order valence-corrected chi connectivity index (χ4v) is 4.53. The van der Waals surface area contributed by atoms with Crippen molar-refractivity contribution in [1.82, 2.24) is 0 Å². The van der Waals surface area contributed by atoms with E-state index in [9.17, 15) is 0 Å². The average Bonchev–Trinajstić information content (AvgIpc) is 2.77. The zero-order chi connectivity index (χ0) is 18.6. The Kier molecular flexibility index (Phi) is 5.13. The molecule has 1 aliphatic rings. The van der Waals surface area contributed by atoms with E-state index in [0.29, 0.717) is 0 Å². The maximum atomic E-state index is 4.43. The molecule has 3 aromatic rings. The number of hydrogen-bond acceptors (Lipinski definition) is 1. The van der Waals surface area contributed by atoms with Crippen LogP contribution >= 0.6 is 11.8 Å². The van der Waals surface area contributed by atoms with E-state index in [-0.39, 0.29) is 0 Å². The number of aryl methyl sites for hydroxylation is 1. The van der Waals surface area contributed by atoms with E-state index in [2.05, 4.69) is 105 Å². The van der Waals surface area contributed by atoms with Crippen LogP contribution in [0.15, 0.2) is 107 Å². The second-order valence-electron chi connectivity index (χ2n) is 6.77. The van der Waals surface area contributed by atoms with Crippen LogP contribution < -0.4 is 0 Å². The van der Waals surface area contributed by atoms with Gasteiger partial charge in [-0.05, 0) is 41.2 Å². The van der Waals surface area contributed by atoms with Gasteiger partial charge in [0.2, 0.25) is 0 Å². The smallest absolute Gasteiger partial charge is 0.0236 e. The van der Waals surface area contributed by atoms with Gasteiger partial charge in [0.05, 0.1) is 0 Å². The number of benzene rings is 3. The molecule has 0 fully saturated rings. The molecule has 0 aromatic heterocycles. The minimum absolute atomic E-state index is 0.924. The van der Waals surface area contributed by atoms with E-state index >= 15 is 0 Å². The van der Waals surface area contributed by atoms with Crippen molar-refractivity contribution in [3.8, 4) is 11.1 Å². The first-order valence-corrected chi connectivity index (χ1v) is 10.0. The fraction of sp³-hybridized carbons (Fsp3) is 0.0769. The highest BCUT2D eigenvalue weighted by Gasteiger charge is 2.15. The zero-order valence-corrected chi connectivity index (χ0v) is 16.3. The van der Waals surface area contributed by atoms with Crippen LogP contribution in [0, 0.1) is 6.92 Å². The van der Waals surface area contributed by atoms with Gasteiger partial charge >= 0.3 is 0 Å². The van der Waals surface area contributed by atoms with Crippen LogP contribution in [0.1, 0.15) is 16.7 Å². The minimum atomic E-state index is 0.924. The first kappa shape index (κ1) is 17.6. The lowest BCUT2D eigenvalue weighted by molar-refractivity contribution is 1.18. The van der Waals surface area contributed by atoms with Crippen molar-refractivity contribution in [2.24, 2.45) is 0 Å². The summed E-state index contributed by atoms with van der Waals surface area (Å²) in [6, 6.07) is 25.9. The SMILES string of the molecule is C=C1Sc2c(cccc2-c2cccc(C)c2)C/C=C\C=C1c1ccccc1. The van der Waals surface area contributed by atoms with E-state index in [1.54, 1.807) is 11.8 Å². The predicted octanol–water partition coefficient (Wildman–Crippen LogP) is 7.46. The molecule has 1 heteroatoms. The monoisotopic (exact) mass is 366 g/mol. The Morgan fingerprint density at radius 1 is 0.852 bits per heavy atom. The highest BCUT2D eigenvalue weighted by atomic mass is 32.2. The van der Waals surface area contributed by atoms with E-state index in [1.165, 1.54) is 38.3 Å². The van der Waals surface area contributed by atoms with Crippen molar-refractivity contribution in [2.75, 3.05) is 0 Å². The Morgan fingerprint density at radius 2 is 1.63 bits per heavy atom. The molecule has 0 N–H and O–H groups in total. The number of allylic oxidation sites excluding steroid dienone is 4. The molecule has 0 aliphatic carbocycles. The number of rotatable bonds is 2. The van der Waals surface area contributed by atoms with Crippen molar-refractivity contribution in [3.05, 3.63) is 119 Å². The quantitative estimate of drug-likeness (QED) is 0.453. The number of thioether (sulfide) groups is 1. The molecule has 27 heavy (non-hydrogen) atoms. The summed E-state index contributed by atoms with van der Waals surface area (Å²) in [4.78, 5) is 2.38. The van der Waals surface area contributed by atoms with E-state index in [4.69, 9.17) is 0 Å². The van der Waals surface area contributed by atoms with E-state index in [0.717, 1.165) is 11.3 Å². The van der Waals surface area contributed by atoms with Crippen LogP contribution in [-0.4, -0.2) is 0 Å². The second kappa shape index (κ2) is 7.85. The third kappa shape index (κ3) is 3.84. The maximum absolute atomic E-state index is 4.43. The molecular formula is C26H22S. The van der Waals surface area contributed by atoms with Crippen LogP contribution in [0.3, 0.4) is 0 Å². The Labute approximate surface area is 166 Å². The Hall–Kier alpha value is -2.77. The molecule has 0 radical (unpaired) electrons. The molecular weight excluding hydrogens is 344 g/mol. The van der Waals surface area contributed by atoms with Gasteiger partial charge in [0.1, 0.15) is 0 Å². The van der Waals surface area contributed by atoms with E-state index in [1.807, 2.05) is 0 Å². The lowest BCUT2D eigenvalue weighted by Gasteiger charge is -2.16. The molecule has 0 bridgehead atoms. The molecule has 132 valence electrons. The van der Waals surface area contributed by atoms with Gasteiger partial charge in [-0.15, -0.1) is 0 Å². The van der Waals surface area contributed by atoms with Gasteiger partial charge in [0.15, 0.2) is 0 Å². The Morgan fingerprint density at radius 3 is 2.44 bits per heavy atom. The summed E-state index contributed by atoms with van der Waals surface area (Å²) >= 11 is 1.79. The van der Waals surface area contributed by atoms with Gasteiger partial charge in [-0.2, -0.15) is 0 Å². The van der Waals surface area contributed by atoms with Crippen molar-refractivity contribution in [3.63, 3.8) is 0 Å². The Bertz CT molecular complexity index is 1040. The van der Waals surface area contributed by atoms with Gasteiger partial charge < -0.3 is 0 Å². The topological polar surface area (TPSA) is 0 Å². The van der Waals surface area contributed by atoms with Crippen molar-refractivity contribution in [2.45, 2.75) is 18.2 Å². The molecule has 0 saturated heterocycles. The first-order valence-electron chi connectivity index (χ1n) is 9.21. The Balaban J connectivity index is 1.81. The van der Waals surface area contributed by atoms with Crippen LogP contribution in [0.2, 0.25) is 0 Å². The molecule has 0 atom stereocenters. The van der Waals surface area contributed by atoms with Gasteiger partial charge in [-0.3, -0.25) is 0 Å². The normalized spacial score (nSPS) is 15.1. The zero-order valence-electron chi connectivity index (χ0n) is 15.5. The van der Waals surface area contributed by atoms with Crippen molar-refractivity contribution < 1.29 is 0 Å². The van der Waals surface area contributed by atoms with Crippen molar-refractivity contribution >= 4 is 17.3 Å². The van der Waals surface area contributed by atoms with Gasteiger partial charge in [-0.25, -0.2) is 0 Å². The highest BCUT2D eigenvalue weighted by Crippen LogP contribution is 2.43. The molecule has 0 unspecified atom stereocenters. The lowest BCUT2D eigenvalue weighted by atomic mass is 10.00. The molecule has 4 rings (SSSR count). The summed E-state index contributed by atoms with van der Waals surface area (Å²) in [6.45, 7) is 6.57. The second-order valence-corrected chi connectivity index (χ2v) is 7.87. The third-order valence-corrected chi connectivity index (χ3v) is 5.93. The number of fused-ring (bicyclic) bond motifs is 1. The van der Waals surface area contributed by atoms with Crippen LogP contribution in [0.4, 0.5) is 0 Å². The first-order chi connectivity index (χ1) is 13.2. The summed E-state index contributed by atoms with van der Waals surface area (Å²) in [7, 11) is 0. The third-order valence-electron chi connectivity index (χ3n) is 4.77. The molecule has 3 aromatic carbocycles. The largest absolute Gasteiger partial charge is 0.0891 e. The average molecular weight is 367 g/mol. The van der Waals surface area contributed by atoms with Crippen LogP contribution in [0.25, 0.3) is 16.7 Å². The maximum Gasteiger partial charge on any atom is 0.0236 e. The summed E-state index contributed by atoms with van der Waals surface area (Å²) in [5.41, 5.74) is 7.56. The fourth-order valence-electron chi connectivity index (χ4n) is 3.41. The van der Waals surface area contributed by atoms with Gasteiger partial charge in [-0.1, -0.05) is 115 Å². The highest BCUT2D eigenvalue weighted by molar-refractivity contribution is 8.03. The summed E-state index contributed by atoms with van der Waals surface area (Å²) in [5.74, 6) is 0. The minimum Gasteiger partial charge on any atom is -0.0891 e. The molecule has 0 nitrogen and oxygen atoms in total. The molecule has 1 aliphatic heterocycles. The molecule has 0 spiro atoms. The summed E-state index contributed by atoms with van der Waals surface area (Å²) < 4.78 is 0. The van der Waals surface area contributed by atoms with Crippen molar-refractivity contribution in [1.29, 1.82) is 0 Å². The van der Waals surface area contributed by atoms with Gasteiger partial charge in [0, 0.05) is 9.80 Å². The predicted molar refractivity (Wildman–Crippen MR) is 119 cm³/mol. The number of hydrogen-bond donors (Lipinski definition) is 0. The van der Waals surface area contributed by atoms with Gasteiger partial charge in [0.25, 0.3) is 0 Å². The lowest BCUT2D eigenvalue weighted by Crippen LogP contribution is -1.92. The van der Waals surface area contributed by atoms with Crippen LogP contribution in [-0.2, 0) is 6.42 Å². The molecule has 1 heterocycles. The molecule has 0 amide bonds. The summed E-state index contributed by atoms with van der Waals surface area (Å²) in [6.07, 6.45) is 7.50. The van der Waals surface area contributed by atoms with E-state index < -0.39 is 0 Å². The molecule has 0 saturated carbocycles. The standard InChI is InChI=1S/C26H22S/c1-19-10-8-15-23(18-19)25-17-9-14-22-13-6-7-16-24(20(2)27-26(22)25)21-11-4-3-5-12-21/h3-12,14-18H,2,13H2,1H3/b7-6-,24-16?.